The van der Waals surface area contributed by atoms with E-state index in [1.54, 1.807) is 19.2 Å². The Morgan fingerprint density at radius 2 is 1.83 bits per heavy atom. The van der Waals surface area contributed by atoms with E-state index in [1.807, 2.05) is 12.1 Å². The van der Waals surface area contributed by atoms with E-state index in [0.717, 1.165) is 18.2 Å². The van der Waals surface area contributed by atoms with E-state index < -0.39 is 17.5 Å². The van der Waals surface area contributed by atoms with Gasteiger partial charge in [-0.2, -0.15) is 0 Å². The molecule has 0 radical (unpaired) electrons. The SMILES string of the molecule is CN(C[C@@H]1COc2ccccc2O1)C(=O)c1cc(F)cc(F)c1. The summed E-state index contributed by atoms with van der Waals surface area (Å²) in [6, 6.07) is 10.0. The van der Waals surface area contributed by atoms with Gasteiger partial charge in [0.1, 0.15) is 18.2 Å². The molecule has 0 N–H and O–H groups in total. The minimum atomic E-state index is -0.784. The molecule has 2 aromatic carbocycles. The summed E-state index contributed by atoms with van der Waals surface area (Å²) in [4.78, 5) is 13.6. The van der Waals surface area contributed by atoms with Crippen LogP contribution in [0.2, 0.25) is 0 Å². The van der Waals surface area contributed by atoms with Crippen LogP contribution in [-0.4, -0.2) is 37.1 Å². The van der Waals surface area contributed by atoms with Gasteiger partial charge in [-0.1, -0.05) is 12.1 Å². The highest BCUT2D eigenvalue weighted by Crippen LogP contribution is 2.31. The van der Waals surface area contributed by atoms with Gasteiger partial charge in [0, 0.05) is 18.7 Å². The average Bonchev–Trinajstić information content (AvgIpc) is 2.53. The number of carbonyl (C=O) groups is 1. The summed E-state index contributed by atoms with van der Waals surface area (Å²) in [5.74, 6) is -0.780. The lowest BCUT2D eigenvalue weighted by Gasteiger charge is -2.29. The Bertz CT molecular complexity index is 715. The molecule has 0 fully saturated rings. The van der Waals surface area contributed by atoms with Gasteiger partial charge in [-0.05, 0) is 24.3 Å². The molecule has 0 aliphatic carbocycles. The van der Waals surface area contributed by atoms with Crippen LogP contribution in [-0.2, 0) is 0 Å². The smallest absolute Gasteiger partial charge is 0.253 e. The monoisotopic (exact) mass is 319 g/mol. The number of hydrogen-bond acceptors (Lipinski definition) is 3. The zero-order valence-corrected chi connectivity index (χ0v) is 12.5. The van der Waals surface area contributed by atoms with Crippen molar-refractivity contribution in [3.63, 3.8) is 0 Å². The predicted molar refractivity (Wildman–Crippen MR) is 79.7 cm³/mol. The Hall–Kier alpha value is -2.63. The number of ether oxygens (including phenoxy) is 2. The maximum absolute atomic E-state index is 13.2. The van der Waals surface area contributed by atoms with Gasteiger partial charge >= 0.3 is 0 Å². The second-order valence-corrected chi connectivity index (χ2v) is 5.34. The third-order valence-corrected chi connectivity index (χ3v) is 3.50. The molecule has 1 aliphatic rings. The van der Waals surface area contributed by atoms with Crippen molar-refractivity contribution in [3.8, 4) is 11.5 Å². The number of fused-ring (bicyclic) bond motifs is 1. The first-order valence-corrected chi connectivity index (χ1v) is 7.13. The molecule has 1 atom stereocenters. The minimum Gasteiger partial charge on any atom is -0.486 e. The van der Waals surface area contributed by atoms with E-state index in [2.05, 4.69) is 0 Å². The van der Waals surface area contributed by atoms with Crippen molar-refractivity contribution in [2.75, 3.05) is 20.2 Å². The molecule has 0 saturated heterocycles. The molecule has 2 aromatic rings. The van der Waals surface area contributed by atoms with E-state index in [4.69, 9.17) is 9.47 Å². The number of benzene rings is 2. The Morgan fingerprint density at radius 1 is 1.17 bits per heavy atom. The Kier molecular flexibility index (Phi) is 4.14. The fourth-order valence-electron chi connectivity index (χ4n) is 2.44. The van der Waals surface area contributed by atoms with Crippen LogP contribution < -0.4 is 9.47 Å². The molecular formula is C17H15F2NO3. The van der Waals surface area contributed by atoms with Crippen LogP contribution in [0.15, 0.2) is 42.5 Å². The Morgan fingerprint density at radius 3 is 2.52 bits per heavy atom. The second kappa shape index (κ2) is 6.24. The first-order chi connectivity index (χ1) is 11.0. The number of nitrogens with zero attached hydrogens (tertiary/aromatic N) is 1. The molecule has 0 unspecified atom stereocenters. The number of halogens is 2. The molecule has 0 bridgehead atoms. The second-order valence-electron chi connectivity index (χ2n) is 5.34. The average molecular weight is 319 g/mol. The van der Waals surface area contributed by atoms with E-state index in [-0.39, 0.29) is 18.2 Å². The van der Waals surface area contributed by atoms with Crippen molar-refractivity contribution < 1.29 is 23.0 Å². The van der Waals surface area contributed by atoms with Crippen molar-refractivity contribution in [1.29, 1.82) is 0 Å². The maximum Gasteiger partial charge on any atom is 0.253 e. The summed E-state index contributed by atoms with van der Waals surface area (Å²) >= 11 is 0. The molecule has 0 aromatic heterocycles. The molecule has 1 aliphatic heterocycles. The highest BCUT2D eigenvalue weighted by molar-refractivity contribution is 5.94. The van der Waals surface area contributed by atoms with Crippen LogP contribution in [0.4, 0.5) is 8.78 Å². The van der Waals surface area contributed by atoms with Crippen LogP contribution in [0.1, 0.15) is 10.4 Å². The summed E-state index contributed by atoms with van der Waals surface area (Å²) in [5.41, 5.74) is -0.0397. The van der Waals surface area contributed by atoms with Crippen LogP contribution in [0.25, 0.3) is 0 Å². The van der Waals surface area contributed by atoms with Crippen molar-refractivity contribution in [1.82, 2.24) is 4.90 Å². The van der Waals surface area contributed by atoms with Gasteiger partial charge in [-0.3, -0.25) is 4.79 Å². The molecule has 1 amide bonds. The third kappa shape index (κ3) is 3.41. The summed E-state index contributed by atoms with van der Waals surface area (Å²) < 4.78 is 37.8. The van der Waals surface area contributed by atoms with Gasteiger partial charge in [0.2, 0.25) is 0 Å². The van der Waals surface area contributed by atoms with Crippen molar-refractivity contribution in [3.05, 3.63) is 59.7 Å². The van der Waals surface area contributed by atoms with Crippen molar-refractivity contribution in [2.24, 2.45) is 0 Å². The fourth-order valence-corrected chi connectivity index (χ4v) is 2.44. The van der Waals surface area contributed by atoms with Gasteiger partial charge in [-0.25, -0.2) is 8.78 Å². The molecule has 0 spiro atoms. The molecule has 0 saturated carbocycles. The summed E-state index contributed by atoms with van der Waals surface area (Å²) in [7, 11) is 1.55. The van der Waals surface area contributed by atoms with E-state index in [1.165, 1.54) is 4.90 Å². The number of carbonyl (C=O) groups excluding carboxylic acids is 1. The first-order valence-electron chi connectivity index (χ1n) is 7.13. The number of likely N-dealkylation sites (N-methyl/N-ethyl adjacent to an activating group) is 1. The van der Waals surface area contributed by atoms with Gasteiger partial charge in [0.05, 0.1) is 6.54 Å². The molecular weight excluding hydrogens is 304 g/mol. The van der Waals surface area contributed by atoms with Crippen molar-refractivity contribution >= 4 is 5.91 Å². The first kappa shape index (κ1) is 15.3. The number of rotatable bonds is 3. The Balaban J connectivity index is 1.67. The Labute approximate surface area is 132 Å². The molecule has 6 heteroatoms. The molecule has 3 rings (SSSR count). The largest absolute Gasteiger partial charge is 0.486 e. The quantitative estimate of drug-likeness (QED) is 0.873. The number of amides is 1. The van der Waals surface area contributed by atoms with Crippen LogP contribution in [0.5, 0.6) is 11.5 Å². The normalized spacial score (nSPS) is 16.0. The van der Waals surface area contributed by atoms with Crippen LogP contribution >= 0.6 is 0 Å². The zero-order valence-electron chi connectivity index (χ0n) is 12.5. The lowest BCUT2D eigenvalue weighted by Crippen LogP contribution is -2.41. The number of para-hydroxylation sites is 2. The van der Waals surface area contributed by atoms with Gasteiger partial charge in [-0.15, -0.1) is 0 Å². The summed E-state index contributed by atoms with van der Waals surface area (Å²) in [6.45, 7) is 0.539. The van der Waals surface area contributed by atoms with Crippen molar-refractivity contribution in [2.45, 2.75) is 6.10 Å². The zero-order chi connectivity index (χ0) is 16.4. The van der Waals surface area contributed by atoms with Crippen LogP contribution in [0, 0.1) is 11.6 Å². The van der Waals surface area contributed by atoms with Gasteiger partial charge < -0.3 is 14.4 Å². The van der Waals surface area contributed by atoms with E-state index >= 15 is 0 Å². The summed E-state index contributed by atoms with van der Waals surface area (Å²) in [6.07, 6.45) is -0.350. The molecule has 23 heavy (non-hydrogen) atoms. The topological polar surface area (TPSA) is 38.8 Å². The third-order valence-electron chi connectivity index (χ3n) is 3.50. The fraction of sp³-hybridized carbons (Fsp3) is 0.235. The van der Waals surface area contributed by atoms with Gasteiger partial charge in [0.25, 0.3) is 5.91 Å². The molecule has 4 nitrogen and oxygen atoms in total. The predicted octanol–water partition coefficient (Wildman–Crippen LogP) is 2.88. The standard InChI is InChI=1S/C17H15F2NO3/c1-20(17(21)11-6-12(18)8-13(19)7-11)9-14-10-22-15-4-2-3-5-16(15)23-14/h2-8,14H,9-10H2,1H3/t14-/m1/s1. The summed E-state index contributed by atoms with van der Waals surface area (Å²) in [5, 5.41) is 0. The van der Waals surface area contributed by atoms with Crippen LogP contribution in [0.3, 0.4) is 0 Å². The molecule has 120 valence electrons. The lowest BCUT2D eigenvalue weighted by atomic mass is 10.2. The number of hydrogen-bond donors (Lipinski definition) is 0. The lowest BCUT2D eigenvalue weighted by molar-refractivity contribution is 0.0520. The van der Waals surface area contributed by atoms with E-state index in [0.29, 0.717) is 18.1 Å². The van der Waals surface area contributed by atoms with Gasteiger partial charge in [0.15, 0.2) is 17.6 Å². The highest BCUT2D eigenvalue weighted by Gasteiger charge is 2.24. The highest BCUT2D eigenvalue weighted by atomic mass is 19.1. The minimum absolute atomic E-state index is 0.0397. The molecule has 1 heterocycles. The maximum atomic E-state index is 13.2. The van der Waals surface area contributed by atoms with E-state index in [9.17, 15) is 13.6 Å².